The molecule has 0 aliphatic heterocycles. The van der Waals surface area contributed by atoms with Gasteiger partial charge in [0.2, 0.25) is 0 Å². The van der Waals surface area contributed by atoms with Crippen LogP contribution in [0.1, 0.15) is 49.4 Å². The summed E-state index contributed by atoms with van der Waals surface area (Å²) in [5.74, 6) is 0.311. The van der Waals surface area contributed by atoms with Crippen LogP contribution in [0, 0.1) is 6.92 Å². The molecule has 1 heterocycles. The molecule has 0 unspecified atom stereocenters. The molecule has 88 valence electrons. The monoisotopic (exact) mass is 239 g/mol. The molecule has 1 aliphatic rings. The van der Waals surface area contributed by atoms with Crippen molar-refractivity contribution < 1.29 is 0 Å². The normalized spacial score (nSPS) is 17.6. The Balaban J connectivity index is 2.41. The Hall–Kier alpha value is -0.760. The molecule has 1 saturated carbocycles. The van der Waals surface area contributed by atoms with Crippen molar-refractivity contribution in [3.63, 3.8) is 0 Å². The number of halogens is 1. The van der Waals surface area contributed by atoms with Crippen LogP contribution in [-0.4, -0.2) is 4.57 Å². The van der Waals surface area contributed by atoms with Gasteiger partial charge in [-0.05, 0) is 25.8 Å². The summed E-state index contributed by atoms with van der Waals surface area (Å²) in [6, 6.07) is 4.25. The number of nitrogens with zero attached hydrogens (tertiary/aromatic N) is 1. The summed E-state index contributed by atoms with van der Waals surface area (Å²) >= 11 is 5.78. The van der Waals surface area contributed by atoms with E-state index in [1.165, 1.54) is 19.3 Å². The minimum absolute atomic E-state index is 0.113. The molecule has 0 aromatic carbocycles. The average Bonchev–Trinajstić information content (AvgIpc) is 2.31. The molecule has 1 aromatic rings. The second kappa shape index (κ2) is 5.05. The maximum absolute atomic E-state index is 12.2. The average molecular weight is 240 g/mol. The maximum atomic E-state index is 12.2. The van der Waals surface area contributed by atoms with Gasteiger partial charge in [0.1, 0.15) is 0 Å². The van der Waals surface area contributed by atoms with E-state index in [0.717, 1.165) is 24.1 Å². The lowest BCUT2D eigenvalue weighted by Gasteiger charge is -2.26. The number of alkyl halides is 1. The highest BCUT2D eigenvalue weighted by Crippen LogP contribution is 2.27. The Labute approximate surface area is 101 Å². The van der Waals surface area contributed by atoms with E-state index in [4.69, 9.17) is 11.6 Å². The highest BCUT2D eigenvalue weighted by Gasteiger charge is 2.18. The second-order valence-electron chi connectivity index (χ2n) is 4.60. The van der Waals surface area contributed by atoms with Gasteiger partial charge in [-0.2, -0.15) is 0 Å². The number of hydrogen-bond acceptors (Lipinski definition) is 1. The van der Waals surface area contributed by atoms with Gasteiger partial charge in [0.15, 0.2) is 0 Å². The highest BCUT2D eigenvalue weighted by molar-refractivity contribution is 6.17. The first kappa shape index (κ1) is 11.7. The molecule has 1 aliphatic carbocycles. The van der Waals surface area contributed by atoms with Gasteiger partial charge in [-0.25, -0.2) is 0 Å². The van der Waals surface area contributed by atoms with E-state index < -0.39 is 0 Å². The quantitative estimate of drug-likeness (QED) is 0.725. The van der Waals surface area contributed by atoms with E-state index in [9.17, 15) is 4.79 Å². The van der Waals surface area contributed by atoms with Gasteiger partial charge in [-0.15, -0.1) is 11.6 Å². The number of hydrogen-bond donors (Lipinski definition) is 0. The molecule has 0 amide bonds. The lowest BCUT2D eigenvalue weighted by atomic mass is 9.94. The van der Waals surface area contributed by atoms with Crippen LogP contribution in [0.4, 0.5) is 0 Å². The SMILES string of the molecule is Cc1ccc(CCl)c(=O)n1C1CCCCC1. The number of pyridine rings is 1. The predicted octanol–water partition coefficient (Wildman–Crippen LogP) is 3.40. The molecule has 0 N–H and O–H groups in total. The molecule has 0 spiro atoms. The van der Waals surface area contributed by atoms with Crippen molar-refractivity contribution in [3.8, 4) is 0 Å². The molecular weight excluding hydrogens is 222 g/mol. The van der Waals surface area contributed by atoms with E-state index in [1.54, 1.807) is 0 Å². The van der Waals surface area contributed by atoms with Crippen LogP contribution in [0.2, 0.25) is 0 Å². The highest BCUT2D eigenvalue weighted by atomic mass is 35.5. The lowest BCUT2D eigenvalue weighted by molar-refractivity contribution is 0.341. The summed E-state index contributed by atoms with van der Waals surface area (Å²) in [6.45, 7) is 2.01. The second-order valence-corrected chi connectivity index (χ2v) is 4.87. The Morgan fingerprint density at radius 3 is 2.62 bits per heavy atom. The third-order valence-corrected chi connectivity index (χ3v) is 3.77. The summed E-state index contributed by atoms with van der Waals surface area (Å²) in [5.41, 5.74) is 1.89. The molecule has 2 nitrogen and oxygen atoms in total. The zero-order valence-corrected chi connectivity index (χ0v) is 10.5. The van der Waals surface area contributed by atoms with Crippen molar-refractivity contribution in [2.45, 2.75) is 50.9 Å². The predicted molar refractivity (Wildman–Crippen MR) is 67.1 cm³/mol. The fraction of sp³-hybridized carbons (Fsp3) is 0.615. The standard InChI is InChI=1S/C13H18ClNO/c1-10-7-8-11(9-14)13(16)15(10)12-5-3-2-4-6-12/h7-8,12H,2-6,9H2,1H3. The van der Waals surface area contributed by atoms with Crippen molar-refractivity contribution >= 4 is 11.6 Å². The van der Waals surface area contributed by atoms with E-state index in [-0.39, 0.29) is 5.56 Å². The molecule has 1 aromatic heterocycles. The first-order valence-electron chi connectivity index (χ1n) is 6.01. The molecule has 0 atom stereocenters. The van der Waals surface area contributed by atoms with E-state index in [2.05, 4.69) is 0 Å². The van der Waals surface area contributed by atoms with E-state index in [1.807, 2.05) is 23.6 Å². The van der Waals surface area contributed by atoms with Crippen LogP contribution >= 0.6 is 11.6 Å². The van der Waals surface area contributed by atoms with Crippen molar-refractivity contribution in [2.75, 3.05) is 0 Å². The Morgan fingerprint density at radius 2 is 2.00 bits per heavy atom. The first-order chi connectivity index (χ1) is 7.74. The molecule has 1 fully saturated rings. The van der Waals surface area contributed by atoms with Gasteiger partial charge in [-0.1, -0.05) is 25.3 Å². The lowest BCUT2D eigenvalue weighted by Crippen LogP contribution is -2.30. The van der Waals surface area contributed by atoms with E-state index in [0.29, 0.717) is 11.9 Å². The summed E-state index contributed by atoms with van der Waals surface area (Å²) in [6.07, 6.45) is 6.04. The van der Waals surface area contributed by atoms with Crippen molar-refractivity contribution in [1.82, 2.24) is 4.57 Å². The van der Waals surface area contributed by atoms with Gasteiger partial charge in [-0.3, -0.25) is 4.79 Å². The molecule has 0 saturated heterocycles. The van der Waals surface area contributed by atoms with Gasteiger partial charge in [0, 0.05) is 17.3 Å². The van der Waals surface area contributed by atoms with Crippen molar-refractivity contribution in [1.29, 1.82) is 0 Å². The summed E-state index contributed by atoms with van der Waals surface area (Å²) in [7, 11) is 0. The third-order valence-electron chi connectivity index (χ3n) is 3.48. The maximum Gasteiger partial charge on any atom is 0.255 e. The van der Waals surface area contributed by atoms with Crippen molar-refractivity contribution in [3.05, 3.63) is 33.7 Å². The van der Waals surface area contributed by atoms with Crippen LogP contribution in [-0.2, 0) is 5.88 Å². The zero-order chi connectivity index (χ0) is 11.5. The van der Waals surface area contributed by atoms with Gasteiger partial charge >= 0.3 is 0 Å². The summed E-state index contributed by atoms with van der Waals surface area (Å²) in [4.78, 5) is 12.2. The van der Waals surface area contributed by atoms with Gasteiger partial charge in [0.25, 0.3) is 5.56 Å². The Morgan fingerprint density at radius 1 is 1.31 bits per heavy atom. The van der Waals surface area contributed by atoms with Gasteiger partial charge in [0.05, 0.1) is 5.88 Å². The minimum atomic E-state index is 0.113. The topological polar surface area (TPSA) is 22.0 Å². The first-order valence-corrected chi connectivity index (χ1v) is 6.54. The third kappa shape index (κ3) is 2.17. The smallest absolute Gasteiger partial charge is 0.255 e. The summed E-state index contributed by atoms with van der Waals surface area (Å²) in [5, 5.41) is 0. The summed E-state index contributed by atoms with van der Waals surface area (Å²) < 4.78 is 1.96. The molecule has 16 heavy (non-hydrogen) atoms. The van der Waals surface area contributed by atoms with Gasteiger partial charge < -0.3 is 4.57 Å². The van der Waals surface area contributed by atoms with Crippen LogP contribution in [0.15, 0.2) is 16.9 Å². The zero-order valence-electron chi connectivity index (χ0n) is 9.71. The molecule has 3 heteroatoms. The van der Waals surface area contributed by atoms with Crippen LogP contribution in [0.25, 0.3) is 0 Å². The fourth-order valence-corrected chi connectivity index (χ4v) is 2.79. The number of aromatic nitrogens is 1. The number of rotatable bonds is 2. The van der Waals surface area contributed by atoms with Crippen LogP contribution in [0.3, 0.4) is 0 Å². The van der Waals surface area contributed by atoms with Crippen LogP contribution < -0.4 is 5.56 Å². The van der Waals surface area contributed by atoms with Crippen molar-refractivity contribution in [2.24, 2.45) is 0 Å². The number of aryl methyl sites for hydroxylation is 1. The molecule has 0 radical (unpaired) electrons. The Bertz CT molecular complexity index is 418. The Kier molecular flexibility index (Phi) is 3.70. The van der Waals surface area contributed by atoms with Crippen LogP contribution in [0.5, 0.6) is 0 Å². The fourth-order valence-electron chi connectivity index (χ4n) is 2.58. The molecular formula is C13H18ClNO. The molecule has 0 bridgehead atoms. The van der Waals surface area contributed by atoms with E-state index >= 15 is 0 Å². The minimum Gasteiger partial charge on any atom is -0.310 e. The largest absolute Gasteiger partial charge is 0.310 e. The molecule has 2 rings (SSSR count).